The molecule has 1 aromatic rings. The van der Waals surface area contributed by atoms with Crippen LogP contribution in [0.15, 0.2) is 30.3 Å². The molecule has 2 atom stereocenters. The number of hydrogen-bond acceptors (Lipinski definition) is 4. The number of nitrogens with one attached hydrogen (secondary N) is 1. The number of nitrogens with zero attached hydrogens (tertiary/aromatic N) is 1. The Morgan fingerprint density at radius 2 is 2.05 bits per heavy atom. The van der Waals surface area contributed by atoms with Crippen LogP contribution < -0.4 is 5.32 Å². The van der Waals surface area contributed by atoms with Gasteiger partial charge in [0.2, 0.25) is 5.91 Å². The smallest absolute Gasteiger partial charge is 0.221 e. The maximum Gasteiger partial charge on any atom is 0.221 e. The summed E-state index contributed by atoms with van der Waals surface area (Å²) in [5.74, 6) is 0.467. The van der Waals surface area contributed by atoms with Crippen LogP contribution in [0.5, 0.6) is 0 Å². The molecule has 0 aromatic heterocycles. The monoisotopic (exact) mass is 324 g/mol. The molecule has 1 aliphatic rings. The molecule has 1 saturated heterocycles. The van der Waals surface area contributed by atoms with E-state index in [-0.39, 0.29) is 29.5 Å². The van der Waals surface area contributed by atoms with E-state index in [4.69, 9.17) is 0 Å². The van der Waals surface area contributed by atoms with Crippen molar-refractivity contribution in [3.63, 3.8) is 0 Å². The molecule has 0 spiro atoms. The third-order valence-electron chi connectivity index (χ3n) is 4.20. The summed E-state index contributed by atoms with van der Waals surface area (Å²) in [6.45, 7) is 2.54. The minimum Gasteiger partial charge on any atom is -0.350 e. The Balaban J connectivity index is 1.76. The number of hydrogen-bond donors (Lipinski definition) is 1. The Labute approximate surface area is 132 Å². The highest BCUT2D eigenvalue weighted by Crippen LogP contribution is 2.17. The SMILES string of the molecule is CC(NC(=O)CCN(C)C1CCS(=O)(=O)C1)c1ccccc1. The molecule has 2 unspecified atom stereocenters. The number of carbonyl (C=O) groups excluding carboxylic acids is 1. The van der Waals surface area contributed by atoms with Crippen LogP contribution in [0.2, 0.25) is 0 Å². The lowest BCUT2D eigenvalue weighted by molar-refractivity contribution is -0.122. The van der Waals surface area contributed by atoms with Crippen molar-refractivity contribution < 1.29 is 13.2 Å². The lowest BCUT2D eigenvalue weighted by Gasteiger charge is -2.23. The van der Waals surface area contributed by atoms with Crippen molar-refractivity contribution in [1.29, 1.82) is 0 Å². The van der Waals surface area contributed by atoms with Crippen LogP contribution in [0, 0.1) is 0 Å². The van der Waals surface area contributed by atoms with Gasteiger partial charge in [0, 0.05) is 19.0 Å². The van der Waals surface area contributed by atoms with Crippen molar-refractivity contribution in [3.05, 3.63) is 35.9 Å². The van der Waals surface area contributed by atoms with Gasteiger partial charge in [0.05, 0.1) is 17.5 Å². The van der Waals surface area contributed by atoms with E-state index >= 15 is 0 Å². The lowest BCUT2D eigenvalue weighted by atomic mass is 10.1. The van der Waals surface area contributed by atoms with Crippen LogP contribution in [0.1, 0.15) is 31.4 Å². The molecule has 22 heavy (non-hydrogen) atoms. The predicted octanol–water partition coefficient (Wildman–Crippen LogP) is 1.37. The van der Waals surface area contributed by atoms with Crippen molar-refractivity contribution in [2.75, 3.05) is 25.1 Å². The van der Waals surface area contributed by atoms with Crippen molar-refractivity contribution >= 4 is 15.7 Å². The van der Waals surface area contributed by atoms with E-state index in [0.29, 0.717) is 19.4 Å². The van der Waals surface area contributed by atoms with Gasteiger partial charge in [-0.05, 0) is 26.0 Å². The molecular formula is C16H24N2O3S. The first-order valence-corrected chi connectivity index (χ1v) is 9.44. The predicted molar refractivity (Wildman–Crippen MR) is 87.3 cm³/mol. The number of carbonyl (C=O) groups is 1. The molecule has 122 valence electrons. The van der Waals surface area contributed by atoms with Gasteiger partial charge in [0.1, 0.15) is 0 Å². The van der Waals surface area contributed by atoms with Crippen molar-refractivity contribution in [2.24, 2.45) is 0 Å². The number of rotatable bonds is 6. The van der Waals surface area contributed by atoms with Crippen LogP contribution in [0.4, 0.5) is 0 Å². The third-order valence-corrected chi connectivity index (χ3v) is 5.95. The number of sulfone groups is 1. The van der Waals surface area contributed by atoms with Gasteiger partial charge in [-0.15, -0.1) is 0 Å². The molecule has 0 bridgehead atoms. The summed E-state index contributed by atoms with van der Waals surface area (Å²) in [5.41, 5.74) is 1.08. The minimum atomic E-state index is -2.88. The zero-order chi connectivity index (χ0) is 16.2. The Morgan fingerprint density at radius 1 is 1.36 bits per heavy atom. The van der Waals surface area contributed by atoms with E-state index in [0.717, 1.165) is 5.56 Å². The van der Waals surface area contributed by atoms with Crippen LogP contribution in [-0.4, -0.2) is 50.4 Å². The Kier molecular flexibility index (Phi) is 5.58. The van der Waals surface area contributed by atoms with Gasteiger partial charge in [0.25, 0.3) is 0 Å². The molecule has 0 saturated carbocycles. The quantitative estimate of drug-likeness (QED) is 0.858. The second kappa shape index (κ2) is 7.24. The number of benzene rings is 1. The summed E-state index contributed by atoms with van der Waals surface area (Å²) in [4.78, 5) is 14.0. The molecule has 1 aliphatic heterocycles. The second-order valence-corrected chi connectivity index (χ2v) is 8.22. The van der Waals surface area contributed by atoms with Gasteiger partial charge in [-0.2, -0.15) is 0 Å². The van der Waals surface area contributed by atoms with Crippen molar-refractivity contribution in [1.82, 2.24) is 10.2 Å². The van der Waals surface area contributed by atoms with E-state index in [1.54, 1.807) is 0 Å². The van der Waals surface area contributed by atoms with Crippen LogP contribution in [0.3, 0.4) is 0 Å². The Morgan fingerprint density at radius 3 is 2.64 bits per heavy atom. The molecule has 5 nitrogen and oxygen atoms in total. The second-order valence-electron chi connectivity index (χ2n) is 5.99. The maximum absolute atomic E-state index is 12.0. The molecular weight excluding hydrogens is 300 g/mol. The highest BCUT2D eigenvalue weighted by atomic mass is 32.2. The third kappa shape index (κ3) is 4.81. The summed E-state index contributed by atoms with van der Waals surface area (Å²) < 4.78 is 23.0. The van der Waals surface area contributed by atoms with E-state index in [1.165, 1.54) is 0 Å². The van der Waals surface area contributed by atoms with Crippen LogP contribution in [-0.2, 0) is 14.6 Å². The highest BCUT2D eigenvalue weighted by Gasteiger charge is 2.30. The Hall–Kier alpha value is -1.40. The molecule has 2 rings (SSSR count). The van der Waals surface area contributed by atoms with Gasteiger partial charge in [-0.3, -0.25) is 4.79 Å². The summed E-state index contributed by atoms with van der Waals surface area (Å²) >= 11 is 0. The van der Waals surface area contributed by atoms with Crippen LogP contribution in [0.25, 0.3) is 0 Å². The highest BCUT2D eigenvalue weighted by molar-refractivity contribution is 7.91. The number of amides is 1. The molecule has 1 amide bonds. The average Bonchev–Trinajstić information content (AvgIpc) is 2.86. The Bertz CT molecular complexity index is 601. The van der Waals surface area contributed by atoms with Crippen LogP contribution >= 0.6 is 0 Å². The van der Waals surface area contributed by atoms with Gasteiger partial charge in [0.15, 0.2) is 9.84 Å². The fourth-order valence-corrected chi connectivity index (χ4v) is 4.53. The minimum absolute atomic E-state index is 0.0101. The summed E-state index contributed by atoms with van der Waals surface area (Å²) in [7, 11) is -0.988. The molecule has 6 heteroatoms. The lowest BCUT2D eigenvalue weighted by Crippen LogP contribution is -2.36. The van der Waals surface area contributed by atoms with E-state index < -0.39 is 9.84 Å². The summed E-state index contributed by atoms with van der Waals surface area (Å²) in [6, 6.07) is 9.84. The van der Waals surface area contributed by atoms with Crippen molar-refractivity contribution in [3.8, 4) is 0 Å². The summed E-state index contributed by atoms with van der Waals surface area (Å²) in [5, 5.41) is 2.97. The molecule has 0 radical (unpaired) electrons. The van der Waals surface area contributed by atoms with E-state index in [1.807, 2.05) is 49.2 Å². The van der Waals surface area contributed by atoms with Gasteiger partial charge < -0.3 is 10.2 Å². The first kappa shape index (κ1) is 17.0. The van der Waals surface area contributed by atoms with Gasteiger partial charge >= 0.3 is 0 Å². The molecule has 0 aliphatic carbocycles. The molecule has 1 N–H and O–H groups in total. The topological polar surface area (TPSA) is 66.5 Å². The first-order valence-electron chi connectivity index (χ1n) is 7.62. The maximum atomic E-state index is 12.0. The molecule has 1 aromatic carbocycles. The largest absolute Gasteiger partial charge is 0.350 e. The van der Waals surface area contributed by atoms with Gasteiger partial charge in [-0.25, -0.2) is 8.42 Å². The van der Waals surface area contributed by atoms with Crippen molar-refractivity contribution in [2.45, 2.75) is 31.8 Å². The normalized spacial score (nSPS) is 21.7. The first-order chi connectivity index (χ1) is 10.4. The average molecular weight is 324 g/mol. The fraction of sp³-hybridized carbons (Fsp3) is 0.562. The standard InChI is InChI=1S/C16H24N2O3S/c1-13(14-6-4-3-5-7-14)17-16(19)8-10-18(2)15-9-11-22(20,21)12-15/h3-7,13,15H,8-12H2,1-2H3,(H,17,19). The molecule has 1 fully saturated rings. The summed E-state index contributed by atoms with van der Waals surface area (Å²) in [6.07, 6.45) is 1.05. The van der Waals surface area contributed by atoms with E-state index in [2.05, 4.69) is 5.32 Å². The zero-order valence-electron chi connectivity index (χ0n) is 13.2. The van der Waals surface area contributed by atoms with E-state index in [9.17, 15) is 13.2 Å². The molecule has 1 heterocycles. The van der Waals surface area contributed by atoms with Gasteiger partial charge in [-0.1, -0.05) is 30.3 Å². The fourth-order valence-electron chi connectivity index (χ4n) is 2.72. The zero-order valence-corrected chi connectivity index (χ0v) is 14.0.